The number of carbonyl (C=O) groups excluding carboxylic acids is 1. The highest BCUT2D eigenvalue weighted by atomic mass is 16.5. The Morgan fingerprint density at radius 3 is 2.57 bits per heavy atom. The van der Waals surface area contributed by atoms with Gasteiger partial charge < -0.3 is 25.2 Å². The molecule has 1 aliphatic carbocycles. The minimum absolute atomic E-state index is 0.147. The smallest absolute Gasteiger partial charge is 0.315 e. The zero-order chi connectivity index (χ0) is 16.7. The molecule has 1 atom stereocenters. The summed E-state index contributed by atoms with van der Waals surface area (Å²) in [5.41, 5.74) is 0.667. The molecule has 1 unspecified atom stereocenters. The molecular weight excluding hydrogens is 296 g/mol. The number of carbonyl (C=O) groups is 1. The van der Waals surface area contributed by atoms with Crippen LogP contribution in [0.15, 0.2) is 18.2 Å². The average molecular weight is 322 g/mol. The average Bonchev–Trinajstić information content (AvgIpc) is 2.59. The van der Waals surface area contributed by atoms with Crippen molar-refractivity contribution in [2.75, 3.05) is 20.8 Å². The molecule has 0 saturated heterocycles. The zero-order valence-electron chi connectivity index (χ0n) is 13.8. The highest BCUT2D eigenvalue weighted by Gasteiger charge is 2.17. The van der Waals surface area contributed by atoms with Gasteiger partial charge in [0.25, 0.3) is 0 Å². The van der Waals surface area contributed by atoms with Gasteiger partial charge in [-0.2, -0.15) is 0 Å². The summed E-state index contributed by atoms with van der Waals surface area (Å²) in [6.07, 6.45) is 4.85. The Morgan fingerprint density at radius 1 is 1.22 bits per heavy atom. The lowest BCUT2D eigenvalue weighted by Gasteiger charge is -2.23. The van der Waals surface area contributed by atoms with Crippen molar-refractivity contribution in [1.82, 2.24) is 10.6 Å². The van der Waals surface area contributed by atoms with E-state index in [1.807, 2.05) is 0 Å². The van der Waals surface area contributed by atoms with Crippen LogP contribution in [0.4, 0.5) is 4.79 Å². The van der Waals surface area contributed by atoms with E-state index in [2.05, 4.69) is 10.6 Å². The van der Waals surface area contributed by atoms with Gasteiger partial charge in [0.1, 0.15) is 0 Å². The van der Waals surface area contributed by atoms with Gasteiger partial charge in [0.05, 0.1) is 20.3 Å². The number of urea groups is 1. The van der Waals surface area contributed by atoms with Crippen LogP contribution in [0, 0.1) is 0 Å². The molecule has 1 saturated carbocycles. The Bertz CT molecular complexity index is 515. The van der Waals surface area contributed by atoms with Crippen LogP contribution in [-0.4, -0.2) is 37.9 Å². The summed E-state index contributed by atoms with van der Waals surface area (Å²) in [6.45, 7) is 0.147. The molecule has 0 heterocycles. The second kappa shape index (κ2) is 8.62. The van der Waals surface area contributed by atoms with E-state index in [1.54, 1.807) is 32.4 Å². The Balaban J connectivity index is 1.83. The number of rotatable bonds is 6. The number of methoxy groups -OCH3 is 2. The Hall–Kier alpha value is -1.95. The lowest BCUT2D eigenvalue weighted by molar-refractivity contribution is 0.171. The zero-order valence-corrected chi connectivity index (χ0v) is 13.8. The first-order chi connectivity index (χ1) is 11.1. The molecule has 1 fully saturated rings. The molecule has 0 aromatic heterocycles. The molecule has 0 spiro atoms. The third-order valence-electron chi connectivity index (χ3n) is 4.19. The molecule has 1 aromatic rings. The van der Waals surface area contributed by atoms with Crippen molar-refractivity contribution in [3.63, 3.8) is 0 Å². The molecular formula is C17H26N2O4. The molecule has 6 heteroatoms. The van der Waals surface area contributed by atoms with Gasteiger partial charge >= 0.3 is 6.03 Å². The Labute approximate surface area is 137 Å². The third kappa shape index (κ3) is 5.03. The number of amides is 2. The summed E-state index contributed by atoms with van der Waals surface area (Å²) in [4.78, 5) is 11.9. The maximum absolute atomic E-state index is 11.9. The van der Waals surface area contributed by atoms with E-state index >= 15 is 0 Å². The minimum atomic E-state index is -0.799. The van der Waals surface area contributed by atoms with Crippen molar-refractivity contribution in [1.29, 1.82) is 0 Å². The number of benzene rings is 1. The first kappa shape index (κ1) is 17.4. The van der Waals surface area contributed by atoms with Crippen molar-refractivity contribution in [3.05, 3.63) is 23.8 Å². The highest BCUT2D eigenvalue weighted by molar-refractivity contribution is 5.74. The van der Waals surface area contributed by atoms with Crippen LogP contribution in [0.3, 0.4) is 0 Å². The summed E-state index contributed by atoms with van der Waals surface area (Å²) in [5.74, 6) is 1.15. The molecule has 2 amide bonds. The summed E-state index contributed by atoms with van der Waals surface area (Å²) in [5, 5.41) is 15.9. The summed E-state index contributed by atoms with van der Waals surface area (Å²) < 4.78 is 10.4. The molecule has 1 aliphatic rings. The van der Waals surface area contributed by atoms with Crippen LogP contribution in [0.1, 0.15) is 43.8 Å². The maximum Gasteiger partial charge on any atom is 0.315 e. The van der Waals surface area contributed by atoms with Crippen molar-refractivity contribution < 1.29 is 19.4 Å². The monoisotopic (exact) mass is 322 g/mol. The first-order valence-electron chi connectivity index (χ1n) is 8.08. The molecule has 2 rings (SSSR count). The minimum Gasteiger partial charge on any atom is -0.493 e. The van der Waals surface area contributed by atoms with Gasteiger partial charge in [-0.1, -0.05) is 25.3 Å². The number of aliphatic hydroxyl groups excluding tert-OH is 1. The van der Waals surface area contributed by atoms with E-state index in [4.69, 9.17) is 9.47 Å². The van der Waals surface area contributed by atoms with E-state index in [9.17, 15) is 9.90 Å². The fourth-order valence-electron chi connectivity index (χ4n) is 2.85. The van der Waals surface area contributed by atoms with Gasteiger partial charge in [0.15, 0.2) is 11.5 Å². The lowest BCUT2D eigenvalue weighted by Crippen LogP contribution is -2.44. The van der Waals surface area contributed by atoms with E-state index in [-0.39, 0.29) is 18.6 Å². The number of aliphatic hydroxyl groups is 1. The van der Waals surface area contributed by atoms with Gasteiger partial charge in [-0.15, -0.1) is 0 Å². The predicted octanol–water partition coefficient (Wildman–Crippen LogP) is 2.37. The van der Waals surface area contributed by atoms with Crippen molar-refractivity contribution in [2.24, 2.45) is 0 Å². The number of ether oxygens (including phenoxy) is 2. The summed E-state index contributed by atoms with van der Waals surface area (Å²) >= 11 is 0. The number of hydrogen-bond donors (Lipinski definition) is 3. The molecule has 0 bridgehead atoms. The largest absolute Gasteiger partial charge is 0.493 e. The summed E-state index contributed by atoms with van der Waals surface area (Å²) in [7, 11) is 3.11. The third-order valence-corrected chi connectivity index (χ3v) is 4.19. The van der Waals surface area contributed by atoms with Gasteiger partial charge in [0.2, 0.25) is 0 Å². The Morgan fingerprint density at radius 2 is 1.91 bits per heavy atom. The quantitative estimate of drug-likeness (QED) is 0.751. The fourth-order valence-corrected chi connectivity index (χ4v) is 2.85. The van der Waals surface area contributed by atoms with E-state index < -0.39 is 6.10 Å². The van der Waals surface area contributed by atoms with E-state index in [1.165, 1.54) is 19.3 Å². The van der Waals surface area contributed by atoms with Crippen LogP contribution >= 0.6 is 0 Å². The standard InChI is InChI=1S/C17H26N2O4/c1-22-15-9-8-12(10-16(15)23-2)14(20)11-18-17(21)19-13-6-4-3-5-7-13/h8-10,13-14,20H,3-7,11H2,1-2H3,(H2,18,19,21). The highest BCUT2D eigenvalue weighted by Crippen LogP contribution is 2.29. The second-order valence-corrected chi connectivity index (χ2v) is 5.82. The van der Waals surface area contributed by atoms with Crippen LogP contribution in [0.25, 0.3) is 0 Å². The van der Waals surface area contributed by atoms with Crippen molar-refractivity contribution >= 4 is 6.03 Å². The van der Waals surface area contributed by atoms with Gasteiger partial charge in [-0.05, 0) is 30.5 Å². The van der Waals surface area contributed by atoms with Crippen LogP contribution in [0.5, 0.6) is 11.5 Å². The molecule has 0 radical (unpaired) electrons. The van der Waals surface area contributed by atoms with Crippen LogP contribution < -0.4 is 20.1 Å². The van der Waals surface area contributed by atoms with Gasteiger partial charge in [-0.25, -0.2) is 4.79 Å². The van der Waals surface area contributed by atoms with Crippen molar-refractivity contribution in [3.8, 4) is 11.5 Å². The molecule has 23 heavy (non-hydrogen) atoms. The predicted molar refractivity (Wildman–Crippen MR) is 87.9 cm³/mol. The fraction of sp³-hybridized carbons (Fsp3) is 0.588. The lowest BCUT2D eigenvalue weighted by atomic mass is 9.96. The molecule has 3 N–H and O–H groups in total. The van der Waals surface area contributed by atoms with Crippen molar-refractivity contribution in [2.45, 2.75) is 44.2 Å². The SMILES string of the molecule is COc1ccc(C(O)CNC(=O)NC2CCCCC2)cc1OC. The molecule has 128 valence electrons. The first-order valence-corrected chi connectivity index (χ1v) is 8.08. The van der Waals surface area contributed by atoms with Crippen LogP contribution in [0.2, 0.25) is 0 Å². The Kier molecular flexibility index (Phi) is 6.52. The van der Waals surface area contributed by atoms with Gasteiger partial charge in [-0.3, -0.25) is 0 Å². The second-order valence-electron chi connectivity index (χ2n) is 5.82. The van der Waals surface area contributed by atoms with Crippen LogP contribution in [-0.2, 0) is 0 Å². The van der Waals surface area contributed by atoms with E-state index in [0.29, 0.717) is 17.1 Å². The number of hydrogen-bond acceptors (Lipinski definition) is 4. The van der Waals surface area contributed by atoms with E-state index in [0.717, 1.165) is 12.8 Å². The van der Waals surface area contributed by atoms with Gasteiger partial charge in [0, 0.05) is 12.6 Å². The number of nitrogens with one attached hydrogen (secondary N) is 2. The maximum atomic E-state index is 11.9. The molecule has 6 nitrogen and oxygen atoms in total. The topological polar surface area (TPSA) is 79.8 Å². The molecule has 1 aromatic carbocycles. The summed E-state index contributed by atoms with van der Waals surface area (Å²) in [6, 6.07) is 5.23. The normalized spacial score (nSPS) is 16.5. The molecule has 0 aliphatic heterocycles.